The largest absolute Gasteiger partial charge is 0.348 e. The molecule has 0 unspecified atom stereocenters. The molecular formula is C16H22N6O3. The Morgan fingerprint density at radius 2 is 1.92 bits per heavy atom. The highest BCUT2D eigenvalue weighted by Gasteiger charge is 2.18. The number of aryl methyl sites for hydroxylation is 2. The number of carbonyl (C=O) groups is 2. The van der Waals surface area contributed by atoms with E-state index in [1.165, 1.54) is 10.7 Å². The van der Waals surface area contributed by atoms with Crippen LogP contribution in [0.5, 0.6) is 0 Å². The van der Waals surface area contributed by atoms with E-state index in [1.807, 2.05) is 13.8 Å². The first-order valence-corrected chi connectivity index (χ1v) is 8.00. The van der Waals surface area contributed by atoms with Crippen molar-refractivity contribution >= 4 is 17.6 Å². The summed E-state index contributed by atoms with van der Waals surface area (Å²) in [6.45, 7) is 7.89. The van der Waals surface area contributed by atoms with Crippen molar-refractivity contribution in [1.82, 2.24) is 25.1 Å². The topological polar surface area (TPSA) is 122 Å². The van der Waals surface area contributed by atoms with Crippen molar-refractivity contribution in [3.8, 4) is 5.95 Å². The summed E-state index contributed by atoms with van der Waals surface area (Å²) in [7, 11) is 0. The molecule has 0 aliphatic heterocycles. The number of nitrogens with one attached hydrogen (secondary N) is 3. The average molecular weight is 346 g/mol. The van der Waals surface area contributed by atoms with Crippen LogP contribution in [0, 0.1) is 19.8 Å². The number of amides is 2. The third-order valence-corrected chi connectivity index (χ3v) is 3.34. The van der Waals surface area contributed by atoms with Crippen molar-refractivity contribution in [1.29, 1.82) is 0 Å². The molecule has 0 atom stereocenters. The van der Waals surface area contributed by atoms with Gasteiger partial charge in [0.25, 0.3) is 5.56 Å². The normalized spacial score (nSPS) is 10.8. The van der Waals surface area contributed by atoms with Gasteiger partial charge in [0, 0.05) is 24.4 Å². The number of aromatic amines is 1. The minimum Gasteiger partial charge on any atom is -0.348 e. The zero-order valence-electron chi connectivity index (χ0n) is 14.7. The predicted molar refractivity (Wildman–Crippen MR) is 92.5 cm³/mol. The molecule has 0 radical (unpaired) electrons. The quantitative estimate of drug-likeness (QED) is 0.687. The molecule has 9 heteroatoms. The maximum Gasteiger partial charge on any atom is 0.314 e. The number of hydrogen-bond acceptors (Lipinski definition) is 5. The third-order valence-electron chi connectivity index (χ3n) is 3.34. The summed E-state index contributed by atoms with van der Waals surface area (Å²) in [5.74, 6) is -0.697. The van der Waals surface area contributed by atoms with Gasteiger partial charge in [-0.25, -0.2) is 4.98 Å². The Hall–Kier alpha value is -2.97. The molecule has 2 amide bonds. The molecule has 134 valence electrons. The average Bonchev–Trinajstić information content (AvgIpc) is 2.86. The minimum atomic E-state index is -0.806. The summed E-state index contributed by atoms with van der Waals surface area (Å²) >= 11 is 0. The Kier molecular flexibility index (Phi) is 5.68. The van der Waals surface area contributed by atoms with Gasteiger partial charge in [-0.3, -0.25) is 19.4 Å². The van der Waals surface area contributed by atoms with Gasteiger partial charge in [-0.05, 0) is 26.2 Å². The van der Waals surface area contributed by atoms with E-state index in [1.54, 1.807) is 19.9 Å². The van der Waals surface area contributed by atoms with Gasteiger partial charge in [0.15, 0.2) is 0 Å². The number of H-pyrrole nitrogens is 1. The zero-order chi connectivity index (χ0) is 18.6. The SMILES string of the molecule is Cc1cc(=O)[nH]c(-n2nc(C)cc2NC(=O)C(=O)NCCC(C)C)n1. The predicted octanol–water partition coefficient (Wildman–Crippen LogP) is 0.673. The molecule has 0 saturated heterocycles. The first-order valence-electron chi connectivity index (χ1n) is 8.00. The van der Waals surface area contributed by atoms with E-state index in [4.69, 9.17) is 0 Å². The number of aromatic nitrogens is 4. The van der Waals surface area contributed by atoms with Crippen molar-refractivity contribution in [2.75, 3.05) is 11.9 Å². The molecule has 0 spiro atoms. The van der Waals surface area contributed by atoms with E-state index in [2.05, 4.69) is 25.7 Å². The molecule has 0 aliphatic carbocycles. The second-order valence-corrected chi connectivity index (χ2v) is 6.19. The maximum atomic E-state index is 12.1. The van der Waals surface area contributed by atoms with Crippen LogP contribution in [-0.4, -0.2) is 38.1 Å². The van der Waals surface area contributed by atoms with E-state index in [0.29, 0.717) is 23.9 Å². The van der Waals surface area contributed by atoms with Gasteiger partial charge in [-0.1, -0.05) is 13.8 Å². The summed E-state index contributed by atoms with van der Waals surface area (Å²) in [5, 5.41) is 9.26. The monoisotopic (exact) mass is 346 g/mol. The van der Waals surface area contributed by atoms with Gasteiger partial charge in [-0.2, -0.15) is 9.78 Å². The first-order chi connectivity index (χ1) is 11.8. The minimum absolute atomic E-state index is 0.161. The fourth-order valence-electron chi connectivity index (χ4n) is 2.14. The fraction of sp³-hybridized carbons (Fsp3) is 0.438. The molecule has 0 bridgehead atoms. The summed E-state index contributed by atoms with van der Waals surface area (Å²) in [6.07, 6.45) is 0.782. The highest BCUT2D eigenvalue weighted by Crippen LogP contribution is 2.13. The molecule has 3 N–H and O–H groups in total. The summed E-state index contributed by atoms with van der Waals surface area (Å²) in [6, 6.07) is 2.93. The number of carbonyl (C=O) groups excluding carboxylic acids is 2. The lowest BCUT2D eigenvalue weighted by Gasteiger charge is -2.09. The molecule has 0 saturated carbocycles. The van der Waals surface area contributed by atoms with Crippen LogP contribution in [0.1, 0.15) is 31.7 Å². The molecule has 2 heterocycles. The van der Waals surface area contributed by atoms with Crippen LogP contribution in [0.3, 0.4) is 0 Å². The van der Waals surface area contributed by atoms with E-state index in [9.17, 15) is 14.4 Å². The molecule has 2 rings (SSSR count). The van der Waals surface area contributed by atoms with Gasteiger partial charge >= 0.3 is 11.8 Å². The summed E-state index contributed by atoms with van der Waals surface area (Å²) < 4.78 is 1.28. The standard InChI is InChI=1S/C16H22N6O3/c1-9(2)5-6-17-14(24)15(25)19-12-7-11(4)21-22(12)16-18-10(3)8-13(23)20-16/h7-9H,5-6H2,1-4H3,(H,17,24)(H,19,25)(H,18,20,23). The lowest BCUT2D eigenvalue weighted by atomic mass is 10.1. The van der Waals surface area contributed by atoms with Crippen LogP contribution in [0.2, 0.25) is 0 Å². The van der Waals surface area contributed by atoms with Crippen molar-refractivity contribution in [2.24, 2.45) is 5.92 Å². The highest BCUT2D eigenvalue weighted by molar-refractivity contribution is 6.39. The maximum absolute atomic E-state index is 12.1. The van der Waals surface area contributed by atoms with E-state index < -0.39 is 11.8 Å². The molecular weight excluding hydrogens is 324 g/mol. The Morgan fingerprint density at radius 1 is 1.20 bits per heavy atom. The van der Waals surface area contributed by atoms with Crippen LogP contribution >= 0.6 is 0 Å². The smallest absolute Gasteiger partial charge is 0.314 e. The van der Waals surface area contributed by atoms with Gasteiger partial charge in [0.1, 0.15) is 5.82 Å². The van der Waals surface area contributed by atoms with Crippen molar-refractivity contribution in [2.45, 2.75) is 34.1 Å². The molecule has 25 heavy (non-hydrogen) atoms. The van der Waals surface area contributed by atoms with Crippen LogP contribution in [0.25, 0.3) is 5.95 Å². The van der Waals surface area contributed by atoms with Gasteiger partial charge in [0.05, 0.1) is 5.69 Å². The van der Waals surface area contributed by atoms with Crippen molar-refractivity contribution in [3.63, 3.8) is 0 Å². The van der Waals surface area contributed by atoms with Gasteiger partial charge in [0.2, 0.25) is 5.95 Å². The Bertz CT molecular complexity index is 837. The van der Waals surface area contributed by atoms with Crippen LogP contribution in [0.15, 0.2) is 16.9 Å². The van der Waals surface area contributed by atoms with E-state index in [-0.39, 0.29) is 17.3 Å². The summed E-state index contributed by atoms with van der Waals surface area (Å²) in [4.78, 5) is 42.3. The van der Waals surface area contributed by atoms with Crippen LogP contribution in [0.4, 0.5) is 5.82 Å². The van der Waals surface area contributed by atoms with E-state index >= 15 is 0 Å². The second-order valence-electron chi connectivity index (χ2n) is 6.19. The third kappa shape index (κ3) is 5.00. The molecule has 2 aromatic rings. The summed E-state index contributed by atoms with van der Waals surface area (Å²) in [5.41, 5.74) is 0.773. The molecule has 0 aromatic carbocycles. The first kappa shape index (κ1) is 18.4. The molecule has 9 nitrogen and oxygen atoms in total. The van der Waals surface area contributed by atoms with Crippen LogP contribution in [-0.2, 0) is 9.59 Å². The Morgan fingerprint density at radius 3 is 2.56 bits per heavy atom. The van der Waals surface area contributed by atoms with Crippen LogP contribution < -0.4 is 16.2 Å². The Balaban J connectivity index is 2.16. The zero-order valence-corrected chi connectivity index (χ0v) is 14.7. The number of nitrogens with zero attached hydrogens (tertiary/aromatic N) is 3. The Labute approximate surface area is 144 Å². The molecule has 0 aliphatic rings. The lowest BCUT2D eigenvalue weighted by Crippen LogP contribution is -2.36. The van der Waals surface area contributed by atoms with Crippen molar-refractivity contribution < 1.29 is 9.59 Å². The molecule has 2 aromatic heterocycles. The van der Waals surface area contributed by atoms with Gasteiger partial charge in [-0.15, -0.1) is 0 Å². The highest BCUT2D eigenvalue weighted by atomic mass is 16.2. The van der Waals surface area contributed by atoms with E-state index in [0.717, 1.165) is 6.42 Å². The van der Waals surface area contributed by atoms with Gasteiger partial charge < -0.3 is 10.6 Å². The number of hydrogen-bond donors (Lipinski definition) is 3. The van der Waals surface area contributed by atoms with Crippen molar-refractivity contribution in [3.05, 3.63) is 33.9 Å². The number of rotatable bonds is 5. The molecule has 0 fully saturated rings. The second kappa shape index (κ2) is 7.73. The number of anilines is 1. The lowest BCUT2D eigenvalue weighted by molar-refractivity contribution is -0.136. The fourth-order valence-corrected chi connectivity index (χ4v) is 2.14.